The van der Waals surface area contributed by atoms with Crippen LogP contribution in [0.1, 0.15) is 38.8 Å². The Bertz CT molecular complexity index is 367. The van der Waals surface area contributed by atoms with Gasteiger partial charge in [0.1, 0.15) is 0 Å². The van der Waals surface area contributed by atoms with Gasteiger partial charge in [0.15, 0.2) is 0 Å². The van der Waals surface area contributed by atoms with E-state index in [0.29, 0.717) is 0 Å². The largest absolute Gasteiger partial charge is 0.348 e. The average molecular weight is 360 g/mol. The molecule has 0 heterocycles. The Morgan fingerprint density at radius 2 is 1.89 bits per heavy atom. The molecule has 0 radical (unpaired) electrons. The summed E-state index contributed by atoms with van der Waals surface area (Å²) in [6.07, 6.45) is 0.891. The molecule has 0 saturated carbocycles. The van der Waals surface area contributed by atoms with Gasteiger partial charge in [-0.3, -0.25) is 4.79 Å². The van der Waals surface area contributed by atoms with Crippen molar-refractivity contribution in [1.82, 2.24) is 8.85 Å². The number of nitrogens with one attached hydrogen (secondary N) is 2. The lowest BCUT2D eigenvalue weighted by molar-refractivity contribution is -0.124. The summed E-state index contributed by atoms with van der Waals surface area (Å²) in [5.41, 5.74) is 1.16. The molecule has 0 spiro atoms. The van der Waals surface area contributed by atoms with Gasteiger partial charge in [0, 0.05) is 22.9 Å². The zero-order valence-electron chi connectivity index (χ0n) is 11.1. The molecular formula is C14H21IN2O. The highest BCUT2D eigenvalue weighted by atomic mass is 127. The summed E-state index contributed by atoms with van der Waals surface area (Å²) < 4.78 is 3.04. The van der Waals surface area contributed by atoms with E-state index in [-0.39, 0.29) is 23.9 Å². The smallest absolute Gasteiger partial charge is 0.238 e. The molecule has 0 fully saturated rings. The van der Waals surface area contributed by atoms with Crippen molar-refractivity contribution in [1.29, 1.82) is 0 Å². The Hall–Kier alpha value is -0.620. The number of amides is 1. The molecule has 1 amide bonds. The lowest BCUT2D eigenvalue weighted by atomic mass is 10.0. The Morgan fingerprint density at radius 1 is 1.28 bits per heavy atom. The van der Waals surface area contributed by atoms with Gasteiger partial charge < -0.3 is 5.32 Å². The van der Waals surface area contributed by atoms with Crippen molar-refractivity contribution in [3.8, 4) is 0 Å². The van der Waals surface area contributed by atoms with Crippen LogP contribution in [-0.4, -0.2) is 11.9 Å². The van der Waals surface area contributed by atoms with E-state index in [1.54, 1.807) is 0 Å². The van der Waals surface area contributed by atoms with Crippen LogP contribution in [0, 0.1) is 5.92 Å². The predicted octanol–water partition coefficient (Wildman–Crippen LogP) is 3.22. The molecule has 18 heavy (non-hydrogen) atoms. The van der Waals surface area contributed by atoms with Crippen molar-refractivity contribution in [2.75, 3.05) is 0 Å². The lowest BCUT2D eigenvalue weighted by Gasteiger charge is -2.23. The minimum atomic E-state index is -0.150. The Labute approximate surface area is 123 Å². The summed E-state index contributed by atoms with van der Waals surface area (Å²) >= 11 is 2.04. The van der Waals surface area contributed by atoms with Gasteiger partial charge in [0.25, 0.3) is 0 Å². The molecule has 0 aliphatic rings. The van der Waals surface area contributed by atoms with E-state index >= 15 is 0 Å². The first-order valence-electron chi connectivity index (χ1n) is 6.31. The van der Waals surface area contributed by atoms with Crippen LogP contribution in [-0.2, 0) is 4.79 Å². The summed E-state index contributed by atoms with van der Waals surface area (Å²) in [5, 5.41) is 3.11. The third kappa shape index (κ3) is 4.24. The first kappa shape index (κ1) is 15.4. The molecule has 0 unspecified atom stereocenters. The Kier molecular flexibility index (Phi) is 6.63. The van der Waals surface area contributed by atoms with E-state index in [0.717, 1.165) is 12.0 Å². The Balaban J connectivity index is 2.72. The van der Waals surface area contributed by atoms with Gasteiger partial charge in [-0.25, -0.2) is 3.53 Å². The van der Waals surface area contributed by atoms with Gasteiger partial charge in [-0.15, -0.1) is 0 Å². The van der Waals surface area contributed by atoms with E-state index in [1.807, 2.05) is 54.9 Å². The van der Waals surface area contributed by atoms with Gasteiger partial charge in [0.05, 0.1) is 12.1 Å². The minimum Gasteiger partial charge on any atom is -0.348 e. The number of rotatable bonds is 6. The molecule has 2 N–H and O–H groups in total. The number of carbonyl (C=O) groups is 1. The van der Waals surface area contributed by atoms with Crippen molar-refractivity contribution in [2.45, 2.75) is 39.3 Å². The second-order valence-corrected chi connectivity index (χ2v) is 5.33. The molecule has 1 aromatic rings. The number of hydrogen-bond donors (Lipinski definition) is 2. The van der Waals surface area contributed by atoms with Crippen LogP contribution >= 0.6 is 22.9 Å². The maximum absolute atomic E-state index is 12.2. The maximum atomic E-state index is 12.2. The van der Waals surface area contributed by atoms with Crippen molar-refractivity contribution in [3.05, 3.63) is 35.9 Å². The highest BCUT2D eigenvalue weighted by molar-refractivity contribution is 14.1. The topological polar surface area (TPSA) is 41.1 Å². The second kappa shape index (κ2) is 7.74. The van der Waals surface area contributed by atoms with Crippen molar-refractivity contribution in [2.24, 2.45) is 5.92 Å². The van der Waals surface area contributed by atoms with Crippen LogP contribution in [0.5, 0.6) is 0 Å². The molecule has 2 atom stereocenters. The van der Waals surface area contributed by atoms with Gasteiger partial charge >= 0.3 is 0 Å². The first-order valence-corrected chi connectivity index (χ1v) is 7.39. The molecule has 1 rings (SSSR count). The number of halogens is 1. The summed E-state index contributed by atoms with van der Waals surface area (Å²) in [5.74, 6) is 0.338. The van der Waals surface area contributed by atoms with Gasteiger partial charge in [-0.05, 0) is 17.9 Å². The quantitative estimate of drug-likeness (QED) is 0.604. The highest BCUT2D eigenvalue weighted by Crippen LogP contribution is 2.16. The molecule has 3 nitrogen and oxygen atoms in total. The summed E-state index contributed by atoms with van der Waals surface area (Å²) in [7, 11) is 0. The van der Waals surface area contributed by atoms with E-state index in [9.17, 15) is 4.79 Å². The SMILES string of the molecule is CC[C@H](NC(=O)[C@H](NI)C(C)C)c1ccccc1. The molecule has 1 aromatic carbocycles. The van der Waals surface area contributed by atoms with Crippen LogP contribution in [0.4, 0.5) is 0 Å². The summed E-state index contributed by atoms with van der Waals surface area (Å²) in [4.78, 5) is 12.2. The third-order valence-corrected chi connectivity index (χ3v) is 3.66. The molecule has 0 aliphatic heterocycles. The second-order valence-electron chi connectivity index (χ2n) is 4.71. The standard InChI is InChI=1S/C14H21IN2O/c1-4-12(11-8-6-5-7-9-11)16-14(18)13(17-15)10(2)3/h5-10,12-13,17H,4H2,1-3H3,(H,16,18)/t12-,13+/m0/s1. The fourth-order valence-corrected chi connectivity index (χ4v) is 2.85. The fourth-order valence-electron chi connectivity index (χ4n) is 1.85. The lowest BCUT2D eigenvalue weighted by Crippen LogP contribution is -2.45. The van der Waals surface area contributed by atoms with E-state index < -0.39 is 0 Å². The Morgan fingerprint density at radius 3 is 2.33 bits per heavy atom. The molecular weight excluding hydrogens is 339 g/mol. The monoisotopic (exact) mass is 360 g/mol. The van der Waals surface area contributed by atoms with Crippen LogP contribution in [0.15, 0.2) is 30.3 Å². The number of benzene rings is 1. The van der Waals surface area contributed by atoms with Crippen molar-refractivity contribution >= 4 is 28.8 Å². The van der Waals surface area contributed by atoms with Crippen molar-refractivity contribution < 1.29 is 4.79 Å². The normalized spacial score (nSPS) is 14.3. The van der Waals surface area contributed by atoms with Crippen molar-refractivity contribution in [3.63, 3.8) is 0 Å². The fraction of sp³-hybridized carbons (Fsp3) is 0.500. The van der Waals surface area contributed by atoms with Crippen LogP contribution < -0.4 is 8.85 Å². The van der Waals surface area contributed by atoms with E-state index in [1.165, 1.54) is 0 Å². The zero-order chi connectivity index (χ0) is 13.5. The van der Waals surface area contributed by atoms with E-state index in [2.05, 4.69) is 27.9 Å². The molecule has 100 valence electrons. The molecule has 0 saturated heterocycles. The minimum absolute atomic E-state index is 0.0649. The third-order valence-electron chi connectivity index (χ3n) is 2.99. The maximum Gasteiger partial charge on any atom is 0.238 e. The van der Waals surface area contributed by atoms with Crippen LogP contribution in [0.3, 0.4) is 0 Å². The molecule has 0 aromatic heterocycles. The molecule has 4 heteroatoms. The van der Waals surface area contributed by atoms with E-state index in [4.69, 9.17) is 0 Å². The van der Waals surface area contributed by atoms with Crippen LogP contribution in [0.25, 0.3) is 0 Å². The molecule has 0 aliphatic carbocycles. The average Bonchev–Trinajstić information content (AvgIpc) is 2.37. The van der Waals surface area contributed by atoms with Gasteiger partial charge in [0.2, 0.25) is 5.91 Å². The predicted molar refractivity (Wildman–Crippen MR) is 83.4 cm³/mol. The zero-order valence-corrected chi connectivity index (χ0v) is 13.3. The van der Waals surface area contributed by atoms with Gasteiger partial charge in [-0.2, -0.15) is 0 Å². The first-order chi connectivity index (χ1) is 8.60. The van der Waals surface area contributed by atoms with Gasteiger partial charge in [-0.1, -0.05) is 51.1 Å². The number of hydrogen-bond acceptors (Lipinski definition) is 2. The summed E-state index contributed by atoms with van der Waals surface area (Å²) in [6, 6.07) is 10.0. The highest BCUT2D eigenvalue weighted by Gasteiger charge is 2.23. The number of carbonyl (C=O) groups excluding carboxylic acids is 1. The summed E-state index contributed by atoms with van der Waals surface area (Å²) in [6.45, 7) is 6.17. The van der Waals surface area contributed by atoms with Crippen LogP contribution in [0.2, 0.25) is 0 Å². The molecule has 0 bridgehead atoms.